The Morgan fingerprint density at radius 2 is 1.67 bits per heavy atom. The smallest absolute Gasteiger partial charge is 0.167 e. The molecule has 0 amide bonds. The maximum Gasteiger partial charge on any atom is 0.167 e. The van der Waals surface area contributed by atoms with Crippen molar-refractivity contribution < 1.29 is 19.4 Å². The number of hydrogen-bond acceptors (Lipinski definition) is 6. The third-order valence-electron chi connectivity index (χ3n) is 3.13. The van der Waals surface area contributed by atoms with Gasteiger partial charge < -0.3 is 9.84 Å². The summed E-state index contributed by atoms with van der Waals surface area (Å²) >= 11 is 3.20. The molecule has 0 bridgehead atoms. The van der Waals surface area contributed by atoms with Crippen molar-refractivity contribution in [1.29, 1.82) is 0 Å². The molecule has 24 heavy (non-hydrogen) atoms. The van der Waals surface area contributed by atoms with E-state index in [1.54, 1.807) is 36.5 Å². The molecule has 0 atom stereocenters. The number of phenols is 1. The van der Waals surface area contributed by atoms with Gasteiger partial charge in [0.2, 0.25) is 0 Å². The van der Waals surface area contributed by atoms with Crippen LogP contribution < -0.4 is 4.74 Å². The van der Waals surface area contributed by atoms with E-state index in [0.29, 0.717) is 23.5 Å². The number of hydrogen-bond donors (Lipinski definition) is 1. The lowest BCUT2D eigenvalue weighted by Crippen LogP contribution is -2.05. The Hall–Kier alpha value is -1.40. The molecule has 6 heteroatoms. The molecule has 0 saturated heterocycles. The summed E-state index contributed by atoms with van der Waals surface area (Å²) in [5.41, 5.74) is 1.28. The van der Waals surface area contributed by atoms with Gasteiger partial charge in [-0.05, 0) is 50.0 Å². The van der Waals surface area contributed by atoms with Gasteiger partial charge in [-0.3, -0.25) is 9.59 Å². The molecule has 0 aliphatic rings. The van der Waals surface area contributed by atoms with Crippen molar-refractivity contribution in [3.8, 4) is 11.5 Å². The first kappa shape index (κ1) is 20.6. The molecule has 0 aliphatic carbocycles. The van der Waals surface area contributed by atoms with Crippen LogP contribution in [-0.2, 0) is 4.79 Å². The highest BCUT2D eigenvalue weighted by molar-refractivity contribution is 8.22. The summed E-state index contributed by atoms with van der Waals surface area (Å²) in [6.45, 7) is 9.12. The van der Waals surface area contributed by atoms with Crippen LogP contribution in [0.2, 0.25) is 0 Å². The summed E-state index contributed by atoms with van der Waals surface area (Å²) in [6, 6.07) is 3.14. The molecule has 4 nitrogen and oxygen atoms in total. The number of benzene rings is 1. The summed E-state index contributed by atoms with van der Waals surface area (Å²) in [7, 11) is 0. The molecule has 0 spiro atoms. The van der Waals surface area contributed by atoms with E-state index in [2.05, 4.69) is 0 Å². The van der Waals surface area contributed by atoms with Crippen LogP contribution in [-0.4, -0.2) is 34.8 Å². The minimum absolute atomic E-state index is 0.0793. The Labute approximate surface area is 152 Å². The van der Waals surface area contributed by atoms with Gasteiger partial charge in [-0.1, -0.05) is 13.8 Å². The van der Waals surface area contributed by atoms with Crippen molar-refractivity contribution in [3.05, 3.63) is 27.5 Å². The molecule has 0 unspecified atom stereocenters. The lowest BCUT2D eigenvalue weighted by atomic mass is 9.99. The quantitative estimate of drug-likeness (QED) is 0.501. The van der Waals surface area contributed by atoms with Gasteiger partial charge in [-0.2, -0.15) is 0 Å². The summed E-state index contributed by atoms with van der Waals surface area (Å²) < 4.78 is 6.44. The third kappa shape index (κ3) is 5.05. The number of aromatic hydroxyl groups is 1. The third-order valence-corrected chi connectivity index (χ3v) is 5.35. The average molecular weight is 369 g/mol. The molecular weight excluding hydrogens is 344 g/mol. The topological polar surface area (TPSA) is 63.6 Å². The van der Waals surface area contributed by atoms with Gasteiger partial charge in [-0.25, -0.2) is 0 Å². The summed E-state index contributed by atoms with van der Waals surface area (Å²) in [5, 5.41) is 10.3. The SMILES string of the molecule is CCOc1cc(C(C(C)=O)=C(SCC)SCC)cc(O)c1C(C)=O. The van der Waals surface area contributed by atoms with Gasteiger partial charge in [0.25, 0.3) is 0 Å². The number of ether oxygens (including phenoxy) is 1. The fourth-order valence-electron chi connectivity index (χ4n) is 2.28. The second kappa shape index (κ2) is 9.79. The second-order valence-corrected chi connectivity index (χ2v) is 7.75. The lowest BCUT2D eigenvalue weighted by Gasteiger charge is -2.16. The number of phenolic OH excluding ortho intramolecular Hbond substituents is 1. The molecule has 0 aliphatic heterocycles. The van der Waals surface area contributed by atoms with Gasteiger partial charge in [0, 0.05) is 5.57 Å². The first-order valence-corrected chi connectivity index (χ1v) is 9.86. The Balaban J connectivity index is 3.63. The van der Waals surface area contributed by atoms with Crippen molar-refractivity contribution in [2.45, 2.75) is 34.6 Å². The summed E-state index contributed by atoms with van der Waals surface area (Å²) in [5.74, 6) is 1.47. The van der Waals surface area contributed by atoms with E-state index >= 15 is 0 Å². The highest BCUT2D eigenvalue weighted by Gasteiger charge is 2.21. The molecule has 0 heterocycles. The molecule has 1 N–H and O–H groups in total. The number of allylic oxidation sites excluding steroid dienone is 1. The van der Waals surface area contributed by atoms with Crippen LogP contribution in [0, 0.1) is 0 Å². The molecule has 1 rings (SSSR count). The molecule has 0 fully saturated rings. The Morgan fingerprint density at radius 3 is 2.08 bits per heavy atom. The van der Waals surface area contributed by atoms with Crippen molar-refractivity contribution in [2.24, 2.45) is 0 Å². The number of Topliss-reactive ketones (excluding diaryl/α,β-unsaturated/α-hetero) is 2. The molecule has 1 aromatic rings. The zero-order valence-electron chi connectivity index (χ0n) is 14.8. The van der Waals surface area contributed by atoms with E-state index < -0.39 is 0 Å². The number of ketones is 2. The van der Waals surface area contributed by atoms with E-state index in [1.807, 2.05) is 13.8 Å². The lowest BCUT2D eigenvalue weighted by molar-refractivity contribution is -0.111. The fourth-order valence-corrected chi connectivity index (χ4v) is 4.66. The Bertz CT molecular complexity index is 643. The maximum absolute atomic E-state index is 12.3. The Morgan fingerprint density at radius 1 is 1.08 bits per heavy atom. The standard InChI is InChI=1S/C18H24O4S2/c1-6-22-15-10-13(9-14(21)17(15)12(5)20)16(11(4)19)18(23-7-2)24-8-3/h9-10,21H,6-8H2,1-5H3. The number of carbonyl (C=O) groups excluding carboxylic acids is 2. The highest BCUT2D eigenvalue weighted by Crippen LogP contribution is 2.40. The average Bonchev–Trinajstić information content (AvgIpc) is 2.47. The fraction of sp³-hybridized carbons (Fsp3) is 0.444. The van der Waals surface area contributed by atoms with E-state index in [4.69, 9.17) is 4.74 Å². The van der Waals surface area contributed by atoms with Gasteiger partial charge in [0.1, 0.15) is 17.1 Å². The zero-order chi connectivity index (χ0) is 18.3. The van der Waals surface area contributed by atoms with Gasteiger partial charge in [-0.15, -0.1) is 23.5 Å². The van der Waals surface area contributed by atoms with Crippen LogP contribution in [0.5, 0.6) is 11.5 Å². The molecule has 132 valence electrons. The van der Waals surface area contributed by atoms with Crippen molar-refractivity contribution in [1.82, 2.24) is 0 Å². The van der Waals surface area contributed by atoms with Crippen LogP contribution in [0.4, 0.5) is 0 Å². The Kier molecular flexibility index (Phi) is 8.42. The second-order valence-electron chi connectivity index (χ2n) is 4.94. The van der Waals surface area contributed by atoms with Crippen LogP contribution in [0.1, 0.15) is 50.5 Å². The number of rotatable bonds is 9. The van der Waals surface area contributed by atoms with Crippen LogP contribution in [0.25, 0.3) is 5.57 Å². The zero-order valence-corrected chi connectivity index (χ0v) is 16.4. The van der Waals surface area contributed by atoms with Crippen LogP contribution in [0.3, 0.4) is 0 Å². The molecule has 1 aromatic carbocycles. The predicted molar refractivity (Wildman–Crippen MR) is 103 cm³/mol. The highest BCUT2D eigenvalue weighted by atomic mass is 32.2. The first-order chi connectivity index (χ1) is 11.4. The normalized spacial score (nSPS) is 10.4. The van der Waals surface area contributed by atoms with Crippen molar-refractivity contribution >= 4 is 40.7 Å². The first-order valence-electron chi connectivity index (χ1n) is 7.89. The molecule has 0 saturated carbocycles. The van der Waals surface area contributed by atoms with E-state index in [-0.39, 0.29) is 22.9 Å². The van der Waals surface area contributed by atoms with Crippen LogP contribution in [0.15, 0.2) is 16.4 Å². The summed E-state index contributed by atoms with van der Waals surface area (Å²) in [6.07, 6.45) is 0. The molecule has 0 radical (unpaired) electrons. The van der Waals surface area contributed by atoms with E-state index in [0.717, 1.165) is 15.7 Å². The van der Waals surface area contributed by atoms with E-state index in [1.165, 1.54) is 19.9 Å². The van der Waals surface area contributed by atoms with Gasteiger partial charge in [0.05, 0.1) is 10.8 Å². The monoisotopic (exact) mass is 368 g/mol. The van der Waals surface area contributed by atoms with E-state index in [9.17, 15) is 14.7 Å². The van der Waals surface area contributed by atoms with Gasteiger partial charge in [0.15, 0.2) is 11.6 Å². The molecular formula is C18H24O4S2. The molecule has 0 aromatic heterocycles. The van der Waals surface area contributed by atoms with Crippen molar-refractivity contribution in [3.63, 3.8) is 0 Å². The largest absolute Gasteiger partial charge is 0.507 e. The predicted octanol–water partition coefficient (Wildman–Crippen LogP) is 4.76. The van der Waals surface area contributed by atoms with Crippen LogP contribution >= 0.6 is 23.5 Å². The minimum Gasteiger partial charge on any atom is -0.507 e. The maximum atomic E-state index is 12.3. The minimum atomic E-state index is -0.276. The number of thioether (sulfide) groups is 2. The number of carbonyl (C=O) groups is 2. The van der Waals surface area contributed by atoms with Crippen molar-refractivity contribution in [2.75, 3.05) is 18.1 Å². The summed E-state index contributed by atoms with van der Waals surface area (Å²) in [4.78, 5) is 24.0. The van der Waals surface area contributed by atoms with Gasteiger partial charge >= 0.3 is 0 Å².